The SMILES string of the molecule is O=C(NCCc1ccccc1C1CC1)C1=C(c2ccc(CCCOc3c(F)ccc(F)c3F)cc2)CC2CN(C(=O)O)CC1N2C(=O)O. The van der Waals surface area contributed by atoms with Gasteiger partial charge in [-0.15, -0.1) is 0 Å². The number of ether oxygens (including phenoxy) is 1. The van der Waals surface area contributed by atoms with E-state index in [1.165, 1.54) is 10.5 Å². The number of fused-ring (bicyclic) bond motifs is 2. The quantitative estimate of drug-likeness (QED) is 0.166. The van der Waals surface area contributed by atoms with E-state index in [1.54, 1.807) is 0 Å². The number of nitrogens with one attached hydrogen (secondary N) is 1. The van der Waals surface area contributed by atoms with Crippen molar-refractivity contribution >= 4 is 23.7 Å². The Kier molecular flexibility index (Phi) is 9.61. The topological polar surface area (TPSA) is 119 Å². The second-order valence-electron chi connectivity index (χ2n) is 12.4. The molecule has 1 saturated heterocycles. The monoisotopic (exact) mass is 663 g/mol. The van der Waals surface area contributed by atoms with Crippen LogP contribution in [0.5, 0.6) is 5.75 Å². The van der Waals surface area contributed by atoms with Gasteiger partial charge in [0.1, 0.15) is 0 Å². The Morgan fingerprint density at radius 2 is 1.60 bits per heavy atom. The lowest BCUT2D eigenvalue weighted by atomic mass is 9.81. The van der Waals surface area contributed by atoms with Gasteiger partial charge in [0, 0.05) is 25.2 Å². The van der Waals surface area contributed by atoms with Gasteiger partial charge >= 0.3 is 12.2 Å². The number of piperazine rings is 1. The summed E-state index contributed by atoms with van der Waals surface area (Å²) in [7, 11) is 0. The Labute approximate surface area is 275 Å². The van der Waals surface area contributed by atoms with Crippen molar-refractivity contribution < 1.29 is 42.5 Å². The van der Waals surface area contributed by atoms with E-state index in [0.717, 1.165) is 34.9 Å². The van der Waals surface area contributed by atoms with Crippen molar-refractivity contribution in [3.63, 3.8) is 0 Å². The predicted molar refractivity (Wildman–Crippen MR) is 170 cm³/mol. The second kappa shape index (κ2) is 14.0. The minimum absolute atomic E-state index is 0.0148. The molecule has 2 unspecified atom stereocenters. The lowest BCUT2D eigenvalue weighted by Crippen LogP contribution is -2.64. The van der Waals surface area contributed by atoms with Crippen LogP contribution in [0.15, 0.2) is 66.2 Å². The summed E-state index contributed by atoms with van der Waals surface area (Å²) >= 11 is 0. The number of benzene rings is 3. The number of rotatable bonds is 11. The zero-order chi connectivity index (χ0) is 33.9. The number of amides is 3. The van der Waals surface area contributed by atoms with Crippen LogP contribution in [-0.2, 0) is 17.6 Å². The molecule has 3 amide bonds. The zero-order valence-electron chi connectivity index (χ0n) is 26.1. The van der Waals surface area contributed by atoms with Crippen molar-refractivity contribution in [1.29, 1.82) is 0 Å². The van der Waals surface area contributed by atoms with Crippen molar-refractivity contribution in [2.24, 2.45) is 0 Å². The first-order valence-electron chi connectivity index (χ1n) is 16.1. The van der Waals surface area contributed by atoms with Gasteiger partial charge in [-0.25, -0.2) is 18.4 Å². The molecule has 48 heavy (non-hydrogen) atoms. The zero-order valence-corrected chi connectivity index (χ0v) is 26.1. The van der Waals surface area contributed by atoms with E-state index >= 15 is 0 Å². The van der Waals surface area contributed by atoms with Crippen molar-refractivity contribution in [3.05, 3.63) is 106 Å². The van der Waals surface area contributed by atoms with Crippen LogP contribution >= 0.6 is 0 Å². The largest absolute Gasteiger partial charge is 0.488 e. The number of carbonyl (C=O) groups is 3. The lowest BCUT2D eigenvalue weighted by molar-refractivity contribution is -0.118. The van der Waals surface area contributed by atoms with E-state index in [4.69, 9.17) is 4.74 Å². The van der Waals surface area contributed by atoms with Crippen LogP contribution < -0.4 is 10.1 Å². The van der Waals surface area contributed by atoms with Gasteiger partial charge < -0.3 is 25.2 Å². The van der Waals surface area contributed by atoms with Crippen LogP contribution in [0.4, 0.5) is 22.8 Å². The van der Waals surface area contributed by atoms with Gasteiger partial charge in [-0.1, -0.05) is 48.5 Å². The summed E-state index contributed by atoms with van der Waals surface area (Å²) in [6.07, 6.45) is 1.54. The highest BCUT2D eigenvalue weighted by atomic mass is 19.2. The Morgan fingerprint density at radius 3 is 2.31 bits per heavy atom. The van der Waals surface area contributed by atoms with Crippen molar-refractivity contribution in [2.45, 2.75) is 56.5 Å². The molecule has 3 aliphatic rings. The molecular formula is C36H36F3N3O6. The third-order valence-electron chi connectivity index (χ3n) is 9.30. The molecule has 0 spiro atoms. The summed E-state index contributed by atoms with van der Waals surface area (Å²) in [5.74, 6) is -4.20. The van der Waals surface area contributed by atoms with E-state index in [-0.39, 0.29) is 31.7 Å². The summed E-state index contributed by atoms with van der Waals surface area (Å²) in [6, 6.07) is 15.3. The first-order chi connectivity index (χ1) is 23.1. The minimum atomic E-state index is -1.37. The van der Waals surface area contributed by atoms with Crippen LogP contribution in [-0.4, -0.2) is 76.4 Å². The summed E-state index contributed by atoms with van der Waals surface area (Å²) in [6.45, 7) is 0.0995. The first-order valence-corrected chi connectivity index (χ1v) is 16.1. The van der Waals surface area contributed by atoms with Crippen LogP contribution in [0.3, 0.4) is 0 Å². The summed E-state index contributed by atoms with van der Waals surface area (Å²) in [4.78, 5) is 40.7. The Balaban J connectivity index is 1.20. The highest BCUT2D eigenvalue weighted by Gasteiger charge is 2.47. The van der Waals surface area contributed by atoms with Gasteiger partial charge in [0.2, 0.25) is 11.7 Å². The van der Waals surface area contributed by atoms with Gasteiger partial charge in [-0.2, -0.15) is 4.39 Å². The molecule has 2 heterocycles. The fourth-order valence-corrected chi connectivity index (χ4v) is 6.84. The maximum Gasteiger partial charge on any atom is 0.408 e. The maximum atomic E-state index is 13.9. The Bertz CT molecular complexity index is 1740. The van der Waals surface area contributed by atoms with Crippen LogP contribution in [0.1, 0.15) is 53.9 Å². The second-order valence-corrected chi connectivity index (χ2v) is 12.4. The molecule has 252 valence electrons. The maximum absolute atomic E-state index is 13.9. The summed E-state index contributed by atoms with van der Waals surface area (Å²) in [5, 5.41) is 22.9. The van der Waals surface area contributed by atoms with Gasteiger partial charge in [0.05, 0.1) is 18.7 Å². The molecule has 0 aromatic heterocycles. The molecule has 1 aliphatic carbocycles. The third kappa shape index (κ3) is 6.97. The molecule has 2 fully saturated rings. The van der Waals surface area contributed by atoms with Crippen molar-refractivity contribution in [1.82, 2.24) is 15.1 Å². The molecule has 3 aromatic rings. The van der Waals surface area contributed by atoms with Gasteiger partial charge in [0.25, 0.3) is 0 Å². The molecule has 9 nitrogen and oxygen atoms in total. The van der Waals surface area contributed by atoms with E-state index in [9.17, 15) is 37.8 Å². The number of carboxylic acid groups (broad SMARTS) is 2. The number of hydrogen-bond donors (Lipinski definition) is 3. The van der Waals surface area contributed by atoms with Crippen LogP contribution in [0.2, 0.25) is 0 Å². The highest BCUT2D eigenvalue weighted by Crippen LogP contribution is 2.42. The molecule has 3 N–H and O–H groups in total. The van der Waals surface area contributed by atoms with E-state index in [1.807, 2.05) is 36.4 Å². The summed E-state index contributed by atoms with van der Waals surface area (Å²) < 4.78 is 46.4. The fourth-order valence-electron chi connectivity index (χ4n) is 6.84. The van der Waals surface area contributed by atoms with Gasteiger partial charge in [-0.3, -0.25) is 9.69 Å². The first kappa shape index (κ1) is 32.9. The number of carbonyl (C=O) groups excluding carboxylic acids is 1. The molecule has 1 saturated carbocycles. The molecule has 2 atom stereocenters. The average Bonchev–Trinajstić information content (AvgIpc) is 3.91. The van der Waals surface area contributed by atoms with E-state index < -0.39 is 53.4 Å². The Hall–Kier alpha value is -5.00. The smallest absolute Gasteiger partial charge is 0.408 e. The number of hydrogen-bond acceptors (Lipinski definition) is 4. The highest BCUT2D eigenvalue weighted by molar-refractivity contribution is 6.04. The normalized spacial score (nSPS) is 18.9. The van der Waals surface area contributed by atoms with Crippen molar-refractivity contribution in [2.75, 3.05) is 26.2 Å². The molecule has 2 bridgehead atoms. The molecule has 3 aromatic carbocycles. The minimum Gasteiger partial charge on any atom is -0.488 e. The number of nitrogens with zero attached hydrogens (tertiary/aromatic N) is 2. The lowest BCUT2D eigenvalue weighted by Gasteiger charge is -2.49. The predicted octanol–water partition coefficient (Wildman–Crippen LogP) is 6.22. The molecule has 0 radical (unpaired) electrons. The van der Waals surface area contributed by atoms with E-state index in [2.05, 4.69) is 17.4 Å². The molecule has 12 heteroatoms. The van der Waals surface area contributed by atoms with Crippen molar-refractivity contribution in [3.8, 4) is 5.75 Å². The number of aryl methyl sites for hydroxylation is 1. The Morgan fingerprint density at radius 1 is 0.875 bits per heavy atom. The molecule has 2 aliphatic heterocycles. The fraction of sp³-hybridized carbons (Fsp3) is 0.361. The van der Waals surface area contributed by atoms with Gasteiger partial charge in [-0.05, 0) is 84.4 Å². The van der Waals surface area contributed by atoms with E-state index in [0.29, 0.717) is 48.9 Å². The summed E-state index contributed by atoms with van der Waals surface area (Å²) in [5.41, 5.74) is 4.93. The average molecular weight is 664 g/mol. The van der Waals surface area contributed by atoms with Gasteiger partial charge in [0.15, 0.2) is 17.4 Å². The third-order valence-corrected chi connectivity index (χ3v) is 9.30. The standard InChI is InChI=1S/C36H36F3N3O6/c37-28-13-14-29(38)33(32(28)39)48-17-3-4-21-7-9-24(10-8-21)27-18-25-19-41(35(44)45)20-30(42(25)36(46)47)31(27)34(43)40-16-15-22-5-1-2-6-26(22)23-11-12-23/h1-2,5-10,13-14,23,25,30H,3-4,11-12,15-20H2,(H,40,43)(H,44,45)(H,46,47). The van der Waals surface area contributed by atoms with Crippen LogP contribution in [0, 0.1) is 17.5 Å². The molecular weight excluding hydrogens is 627 g/mol. The number of halogens is 3. The molecule has 6 rings (SSSR count). The van der Waals surface area contributed by atoms with Crippen LogP contribution in [0.25, 0.3) is 5.57 Å².